The summed E-state index contributed by atoms with van der Waals surface area (Å²) in [5, 5.41) is 19.4. The zero-order valence-electron chi connectivity index (χ0n) is 10.6. The number of carboxylic acids is 1. The van der Waals surface area contributed by atoms with E-state index in [0.717, 1.165) is 0 Å². The minimum atomic E-state index is -0.980. The van der Waals surface area contributed by atoms with Crippen molar-refractivity contribution in [2.24, 2.45) is 7.05 Å². The molecule has 0 aliphatic carbocycles. The molecule has 1 unspecified atom stereocenters. The van der Waals surface area contributed by atoms with Gasteiger partial charge in [0.2, 0.25) is 0 Å². The van der Waals surface area contributed by atoms with Crippen molar-refractivity contribution < 1.29 is 14.7 Å². The number of nitrogens with one attached hydrogen (secondary N) is 1. The highest BCUT2D eigenvalue weighted by atomic mass is 32.2. The average Bonchev–Trinajstić information content (AvgIpc) is 2.96. The fraction of sp³-hybridized carbons (Fsp3) is 0.600. The van der Waals surface area contributed by atoms with Gasteiger partial charge in [0.15, 0.2) is 5.82 Å². The minimum absolute atomic E-state index is 0.333. The lowest BCUT2D eigenvalue weighted by Crippen LogP contribution is -2.47. The van der Waals surface area contributed by atoms with E-state index in [1.165, 1.54) is 16.7 Å². The summed E-state index contributed by atoms with van der Waals surface area (Å²) >= 11 is 1.43. The Labute approximate surface area is 114 Å². The second kappa shape index (κ2) is 5.47. The first-order valence-electron chi connectivity index (χ1n) is 5.72. The summed E-state index contributed by atoms with van der Waals surface area (Å²) in [5.41, 5.74) is 0. The van der Waals surface area contributed by atoms with Crippen molar-refractivity contribution in [1.29, 1.82) is 0 Å². The van der Waals surface area contributed by atoms with Crippen molar-refractivity contribution in [2.45, 2.75) is 19.0 Å². The Hall–Kier alpha value is -1.77. The van der Waals surface area contributed by atoms with Crippen LogP contribution in [0.3, 0.4) is 0 Å². The fourth-order valence-electron chi connectivity index (χ4n) is 1.86. The summed E-state index contributed by atoms with van der Waals surface area (Å²) < 4.78 is 1.71. The van der Waals surface area contributed by atoms with Gasteiger partial charge in [0.25, 0.3) is 0 Å². The second-order valence-corrected chi connectivity index (χ2v) is 5.29. The summed E-state index contributed by atoms with van der Waals surface area (Å²) in [4.78, 5) is 24.4. The maximum atomic E-state index is 12.1. The molecule has 2 amide bonds. The molecule has 1 aliphatic heterocycles. The number of hydrogen-bond acceptors (Lipinski definition) is 5. The molecule has 2 N–H and O–H groups in total. The molecule has 0 saturated carbocycles. The van der Waals surface area contributed by atoms with Crippen LogP contribution in [0.2, 0.25) is 0 Å². The van der Waals surface area contributed by atoms with E-state index in [2.05, 4.69) is 15.5 Å². The molecular formula is C10H15N5O3S. The summed E-state index contributed by atoms with van der Waals surface area (Å²) in [6.07, 6.45) is 1.55. The molecule has 19 heavy (non-hydrogen) atoms. The molecule has 2 rings (SSSR count). The zero-order valence-corrected chi connectivity index (χ0v) is 11.4. The Kier molecular flexibility index (Phi) is 3.93. The van der Waals surface area contributed by atoms with Crippen molar-refractivity contribution in [3.8, 4) is 0 Å². The number of nitrogens with zero attached hydrogens (tertiary/aromatic N) is 4. The lowest BCUT2D eigenvalue weighted by atomic mass is 10.3. The van der Waals surface area contributed by atoms with E-state index in [4.69, 9.17) is 5.11 Å². The maximum Gasteiger partial charge on any atom is 0.327 e. The smallest absolute Gasteiger partial charge is 0.327 e. The molecule has 1 fully saturated rings. The molecule has 0 aromatic carbocycles. The van der Waals surface area contributed by atoms with Crippen LogP contribution in [0.25, 0.3) is 0 Å². The first-order valence-corrected chi connectivity index (χ1v) is 6.87. The van der Waals surface area contributed by atoms with Gasteiger partial charge in [-0.1, -0.05) is 0 Å². The molecule has 1 aliphatic rings. The predicted molar refractivity (Wildman–Crippen MR) is 68.5 cm³/mol. The van der Waals surface area contributed by atoms with Gasteiger partial charge in [0, 0.05) is 12.8 Å². The monoisotopic (exact) mass is 285 g/mol. The molecule has 0 radical (unpaired) electrons. The number of aromatic nitrogens is 3. The van der Waals surface area contributed by atoms with E-state index in [-0.39, 0.29) is 6.04 Å². The number of thioether (sulfide) groups is 1. The molecule has 2 atom stereocenters. The highest BCUT2D eigenvalue weighted by molar-refractivity contribution is 7.99. The first kappa shape index (κ1) is 13.7. The van der Waals surface area contributed by atoms with Crippen LogP contribution in [0.5, 0.6) is 0 Å². The fourth-order valence-corrected chi connectivity index (χ4v) is 3.01. The minimum Gasteiger partial charge on any atom is -0.480 e. The largest absolute Gasteiger partial charge is 0.480 e. The molecular weight excluding hydrogens is 270 g/mol. The third-order valence-corrected chi connectivity index (χ3v) is 3.91. The van der Waals surface area contributed by atoms with E-state index >= 15 is 0 Å². The van der Waals surface area contributed by atoms with Gasteiger partial charge in [-0.3, -0.25) is 0 Å². The highest BCUT2D eigenvalue weighted by Gasteiger charge is 2.35. The summed E-state index contributed by atoms with van der Waals surface area (Å²) in [7, 11) is 1.78. The van der Waals surface area contributed by atoms with Crippen LogP contribution in [-0.2, 0) is 11.8 Å². The number of aryl methyl sites for hydroxylation is 1. The quantitative estimate of drug-likeness (QED) is 0.813. The van der Waals surface area contributed by atoms with Crippen molar-refractivity contribution in [2.75, 3.05) is 11.6 Å². The average molecular weight is 285 g/mol. The predicted octanol–water partition coefficient (Wildman–Crippen LogP) is 0.0452. The second-order valence-electron chi connectivity index (χ2n) is 4.29. The number of carbonyl (C=O) groups excluding carboxylic acids is 1. The molecule has 104 valence electrons. The lowest BCUT2D eigenvalue weighted by molar-refractivity contribution is -0.140. The molecule has 8 nitrogen and oxygen atoms in total. The number of rotatable bonds is 3. The van der Waals surface area contributed by atoms with Crippen LogP contribution in [0, 0.1) is 0 Å². The topological polar surface area (TPSA) is 100 Å². The van der Waals surface area contributed by atoms with Gasteiger partial charge >= 0.3 is 12.0 Å². The van der Waals surface area contributed by atoms with E-state index in [0.29, 0.717) is 17.5 Å². The van der Waals surface area contributed by atoms with Gasteiger partial charge in [-0.25, -0.2) is 9.59 Å². The molecule has 0 spiro atoms. The molecule has 0 bridgehead atoms. The molecule has 1 aromatic rings. The SMILES string of the molecule is CC(NC(=O)N1CSC[C@H]1C(=O)O)c1nncn1C. The third kappa shape index (κ3) is 2.80. The number of carboxylic acid groups (broad SMARTS) is 1. The molecule has 1 aromatic heterocycles. The Morgan fingerprint density at radius 1 is 1.63 bits per heavy atom. The van der Waals surface area contributed by atoms with Gasteiger partial charge in [-0.2, -0.15) is 0 Å². The van der Waals surface area contributed by atoms with Gasteiger partial charge in [0.05, 0.1) is 11.9 Å². The Morgan fingerprint density at radius 2 is 2.37 bits per heavy atom. The number of aliphatic carboxylic acids is 1. The number of hydrogen-bond donors (Lipinski definition) is 2. The summed E-state index contributed by atoms with van der Waals surface area (Å²) in [5.74, 6) is 0.439. The van der Waals surface area contributed by atoms with Crippen LogP contribution in [0.1, 0.15) is 18.8 Å². The number of urea groups is 1. The van der Waals surface area contributed by atoms with E-state index < -0.39 is 18.0 Å². The van der Waals surface area contributed by atoms with Crippen molar-refractivity contribution in [3.05, 3.63) is 12.2 Å². The third-order valence-electron chi connectivity index (χ3n) is 2.90. The lowest BCUT2D eigenvalue weighted by Gasteiger charge is -2.23. The van der Waals surface area contributed by atoms with Crippen molar-refractivity contribution in [1.82, 2.24) is 25.0 Å². The van der Waals surface area contributed by atoms with Crippen LogP contribution < -0.4 is 5.32 Å². The normalized spacial score (nSPS) is 20.3. The number of amides is 2. The standard InChI is InChI=1S/C10H15N5O3S/c1-6(8-13-11-4-14(8)2)12-10(18)15-5-19-3-7(15)9(16)17/h4,6-7H,3,5H2,1-2H3,(H,12,18)(H,16,17)/t6?,7-/m0/s1. The van der Waals surface area contributed by atoms with Crippen LogP contribution in [-0.4, -0.2) is 54.4 Å². The van der Waals surface area contributed by atoms with Gasteiger partial charge in [-0.15, -0.1) is 22.0 Å². The van der Waals surface area contributed by atoms with Crippen LogP contribution in [0.4, 0.5) is 4.79 Å². The first-order chi connectivity index (χ1) is 9.00. The van der Waals surface area contributed by atoms with Crippen LogP contribution >= 0.6 is 11.8 Å². The van der Waals surface area contributed by atoms with Crippen molar-refractivity contribution >= 4 is 23.8 Å². The van der Waals surface area contributed by atoms with Crippen LogP contribution in [0.15, 0.2) is 6.33 Å². The van der Waals surface area contributed by atoms with Crippen molar-refractivity contribution in [3.63, 3.8) is 0 Å². The molecule has 1 saturated heterocycles. The zero-order chi connectivity index (χ0) is 14.0. The Bertz CT molecular complexity index is 491. The maximum absolute atomic E-state index is 12.1. The van der Waals surface area contributed by atoms with Gasteiger partial charge in [0.1, 0.15) is 12.4 Å². The van der Waals surface area contributed by atoms with Gasteiger partial charge in [-0.05, 0) is 6.92 Å². The Morgan fingerprint density at radius 3 is 2.95 bits per heavy atom. The number of carbonyl (C=O) groups is 2. The van der Waals surface area contributed by atoms with E-state index in [1.54, 1.807) is 24.9 Å². The van der Waals surface area contributed by atoms with Gasteiger partial charge < -0.3 is 19.9 Å². The Balaban J connectivity index is 2.01. The highest BCUT2D eigenvalue weighted by Crippen LogP contribution is 2.21. The van der Waals surface area contributed by atoms with E-state index in [9.17, 15) is 9.59 Å². The summed E-state index contributed by atoms with van der Waals surface area (Å²) in [6.45, 7) is 1.78. The molecule has 9 heteroatoms. The molecule has 2 heterocycles. The summed E-state index contributed by atoms with van der Waals surface area (Å²) in [6, 6.07) is -1.50. The van der Waals surface area contributed by atoms with E-state index in [1.807, 2.05) is 0 Å².